The van der Waals surface area contributed by atoms with Crippen molar-refractivity contribution in [1.29, 1.82) is 0 Å². The van der Waals surface area contributed by atoms with Crippen LogP contribution in [0.3, 0.4) is 0 Å². The number of aromatic nitrogens is 1. The number of hydrogen-bond donors (Lipinski definition) is 1. The van der Waals surface area contributed by atoms with Gasteiger partial charge in [-0.1, -0.05) is 65.4 Å². The first-order valence-corrected chi connectivity index (χ1v) is 9.39. The highest BCUT2D eigenvalue weighted by Crippen LogP contribution is 2.28. The molecular formula is C20H14ClN5S. The largest absolute Gasteiger partial charge is 0.276 e. The van der Waals surface area contributed by atoms with Crippen molar-refractivity contribution in [2.45, 2.75) is 0 Å². The second-order valence-electron chi connectivity index (χ2n) is 5.59. The van der Waals surface area contributed by atoms with E-state index in [9.17, 15) is 0 Å². The van der Waals surface area contributed by atoms with Crippen molar-refractivity contribution < 1.29 is 0 Å². The summed E-state index contributed by atoms with van der Waals surface area (Å²) in [5, 5.41) is 14.2. The van der Waals surface area contributed by atoms with Crippen LogP contribution in [0.2, 0.25) is 5.02 Å². The average Bonchev–Trinajstić information content (AvgIpc) is 3.12. The smallest absolute Gasteiger partial charge is 0.231 e. The van der Waals surface area contributed by atoms with Gasteiger partial charge in [0.05, 0.1) is 15.9 Å². The van der Waals surface area contributed by atoms with Crippen LogP contribution in [0, 0.1) is 0 Å². The van der Waals surface area contributed by atoms with Gasteiger partial charge in [0.1, 0.15) is 0 Å². The zero-order chi connectivity index (χ0) is 18.5. The quantitative estimate of drug-likeness (QED) is 0.186. The number of nitrogens with zero attached hydrogens (tertiary/aromatic N) is 4. The molecule has 0 radical (unpaired) electrons. The summed E-state index contributed by atoms with van der Waals surface area (Å²) in [6.45, 7) is 0. The molecule has 0 atom stereocenters. The molecule has 1 N–H and O–H groups in total. The number of fused-ring (bicyclic) bond motifs is 1. The number of halogens is 1. The predicted octanol–water partition coefficient (Wildman–Crippen LogP) is 6.51. The maximum absolute atomic E-state index is 6.12. The summed E-state index contributed by atoms with van der Waals surface area (Å²) in [4.78, 5) is 4.47. The Bertz CT molecular complexity index is 1090. The van der Waals surface area contributed by atoms with Crippen LogP contribution in [0.4, 0.5) is 10.8 Å². The molecule has 0 bridgehead atoms. The van der Waals surface area contributed by atoms with E-state index >= 15 is 0 Å². The Balaban J connectivity index is 1.66. The van der Waals surface area contributed by atoms with Gasteiger partial charge < -0.3 is 0 Å². The van der Waals surface area contributed by atoms with E-state index in [4.69, 9.17) is 11.6 Å². The van der Waals surface area contributed by atoms with E-state index in [0.29, 0.717) is 16.0 Å². The number of para-hydroxylation sites is 2. The molecule has 132 valence electrons. The molecule has 27 heavy (non-hydrogen) atoms. The van der Waals surface area contributed by atoms with Gasteiger partial charge in [-0.05, 0) is 36.4 Å². The molecule has 0 aliphatic heterocycles. The van der Waals surface area contributed by atoms with Gasteiger partial charge in [-0.2, -0.15) is 5.10 Å². The first-order valence-electron chi connectivity index (χ1n) is 8.20. The molecule has 0 saturated heterocycles. The highest BCUT2D eigenvalue weighted by atomic mass is 35.5. The molecule has 4 aromatic rings. The van der Waals surface area contributed by atoms with Crippen molar-refractivity contribution in [2.24, 2.45) is 15.3 Å². The van der Waals surface area contributed by atoms with Gasteiger partial charge in [-0.15, -0.1) is 10.2 Å². The maximum Gasteiger partial charge on any atom is 0.231 e. The van der Waals surface area contributed by atoms with Gasteiger partial charge in [-0.25, -0.2) is 4.98 Å². The minimum absolute atomic E-state index is 0.417. The minimum atomic E-state index is 0.417. The summed E-state index contributed by atoms with van der Waals surface area (Å²) in [7, 11) is 0. The third-order valence-corrected chi connectivity index (χ3v) is 4.82. The van der Waals surface area contributed by atoms with Crippen LogP contribution in [0.25, 0.3) is 10.2 Å². The van der Waals surface area contributed by atoms with Gasteiger partial charge in [-0.3, -0.25) is 5.43 Å². The fourth-order valence-electron chi connectivity index (χ4n) is 2.40. The molecule has 7 heteroatoms. The van der Waals surface area contributed by atoms with Crippen LogP contribution in [0.15, 0.2) is 94.2 Å². The molecule has 0 saturated carbocycles. The van der Waals surface area contributed by atoms with Crippen LogP contribution < -0.4 is 5.43 Å². The topological polar surface area (TPSA) is 62.0 Å². The Labute approximate surface area is 165 Å². The number of azo groups is 1. The Morgan fingerprint density at radius 3 is 2.56 bits per heavy atom. The van der Waals surface area contributed by atoms with Crippen molar-refractivity contribution in [3.05, 3.63) is 89.4 Å². The number of hydrazone groups is 1. The lowest BCUT2D eigenvalue weighted by molar-refractivity contribution is 1.21. The van der Waals surface area contributed by atoms with Crippen molar-refractivity contribution in [3.63, 3.8) is 0 Å². The number of thiazole rings is 1. The summed E-state index contributed by atoms with van der Waals surface area (Å²) in [5.74, 6) is 0.417. The molecule has 0 fully saturated rings. The number of hydrogen-bond acceptors (Lipinski definition) is 5. The normalized spacial score (nSPS) is 12.0. The Morgan fingerprint density at radius 1 is 0.926 bits per heavy atom. The van der Waals surface area contributed by atoms with Gasteiger partial charge in [0.15, 0.2) is 0 Å². The van der Waals surface area contributed by atoms with Gasteiger partial charge in [0.25, 0.3) is 0 Å². The number of nitrogens with one attached hydrogen (secondary N) is 1. The highest BCUT2D eigenvalue weighted by Gasteiger charge is 2.06. The lowest BCUT2D eigenvalue weighted by Gasteiger charge is -2.03. The number of benzene rings is 3. The molecule has 0 unspecified atom stereocenters. The average molecular weight is 392 g/mol. The van der Waals surface area contributed by atoms with Crippen molar-refractivity contribution in [1.82, 2.24) is 4.98 Å². The van der Waals surface area contributed by atoms with E-state index in [-0.39, 0.29) is 0 Å². The van der Waals surface area contributed by atoms with E-state index in [2.05, 4.69) is 25.7 Å². The van der Waals surface area contributed by atoms with E-state index < -0.39 is 0 Å². The van der Waals surface area contributed by atoms with E-state index in [1.807, 2.05) is 66.7 Å². The lowest BCUT2D eigenvalue weighted by Crippen LogP contribution is -2.01. The molecule has 0 aliphatic rings. The standard InChI is InChI=1S/C20H14ClN5S/c21-15-8-6-7-14(13-15)19(24-23-16-9-2-1-3-10-16)25-26-20-22-17-11-4-5-12-18(17)27-20/h1-13,23H/b24-19+,26-25+. The van der Waals surface area contributed by atoms with Crippen LogP contribution in [-0.2, 0) is 0 Å². The SMILES string of the molecule is Clc1cccc(C(/N=N/c2nc3ccccc3s2)=N\Nc2ccccc2)c1. The molecule has 1 heterocycles. The Kier molecular flexibility index (Phi) is 5.18. The molecule has 0 amide bonds. The summed E-state index contributed by atoms with van der Waals surface area (Å²) < 4.78 is 1.06. The van der Waals surface area contributed by atoms with E-state index in [1.54, 1.807) is 12.1 Å². The second kappa shape index (κ2) is 8.07. The maximum atomic E-state index is 6.12. The summed E-state index contributed by atoms with van der Waals surface area (Å²) >= 11 is 7.60. The molecule has 4 rings (SSSR count). The van der Waals surface area contributed by atoms with Crippen LogP contribution in [-0.4, -0.2) is 10.8 Å². The first kappa shape index (κ1) is 17.3. The summed E-state index contributed by atoms with van der Waals surface area (Å²) in [6.07, 6.45) is 0. The number of anilines is 1. The number of amidine groups is 1. The van der Waals surface area contributed by atoms with Crippen molar-refractivity contribution in [3.8, 4) is 0 Å². The van der Waals surface area contributed by atoms with Crippen LogP contribution in [0.5, 0.6) is 0 Å². The third kappa shape index (κ3) is 4.36. The van der Waals surface area contributed by atoms with Gasteiger partial charge in [0.2, 0.25) is 11.0 Å². The summed E-state index contributed by atoms with van der Waals surface area (Å²) in [6, 6.07) is 24.9. The lowest BCUT2D eigenvalue weighted by atomic mass is 10.2. The minimum Gasteiger partial charge on any atom is -0.276 e. The molecular weight excluding hydrogens is 378 g/mol. The predicted molar refractivity (Wildman–Crippen MR) is 112 cm³/mol. The fraction of sp³-hybridized carbons (Fsp3) is 0. The molecule has 3 aromatic carbocycles. The summed E-state index contributed by atoms with van der Waals surface area (Å²) in [5.41, 5.74) is 5.52. The monoisotopic (exact) mass is 391 g/mol. The molecule has 1 aromatic heterocycles. The zero-order valence-corrected chi connectivity index (χ0v) is 15.7. The van der Waals surface area contributed by atoms with Gasteiger partial charge >= 0.3 is 0 Å². The van der Waals surface area contributed by atoms with E-state index in [0.717, 1.165) is 21.5 Å². The van der Waals surface area contributed by atoms with Gasteiger partial charge in [0, 0.05) is 10.6 Å². The third-order valence-electron chi connectivity index (χ3n) is 3.66. The van der Waals surface area contributed by atoms with Crippen LogP contribution >= 0.6 is 22.9 Å². The molecule has 0 aliphatic carbocycles. The number of rotatable bonds is 4. The fourth-order valence-corrected chi connectivity index (χ4v) is 3.37. The molecule has 0 spiro atoms. The van der Waals surface area contributed by atoms with Crippen LogP contribution in [0.1, 0.15) is 5.56 Å². The second-order valence-corrected chi connectivity index (χ2v) is 7.03. The van der Waals surface area contributed by atoms with Crippen molar-refractivity contribution in [2.75, 3.05) is 5.43 Å². The van der Waals surface area contributed by atoms with Crippen molar-refractivity contribution >= 4 is 49.8 Å². The zero-order valence-electron chi connectivity index (χ0n) is 14.1. The Hall–Kier alpha value is -3.09. The highest BCUT2D eigenvalue weighted by molar-refractivity contribution is 7.21. The van der Waals surface area contributed by atoms with E-state index in [1.165, 1.54) is 11.3 Å². The first-order chi connectivity index (χ1) is 13.3. The Morgan fingerprint density at radius 2 is 1.74 bits per heavy atom. The molecule has 5 nitrogen and oxygen atoms in total.